The summed E-state index contributed by atoms with van der Waals surface area (Å²) in [6.07, 6.45) is 2.35. The molecule has 0 spiro atoms. The number of ether oxygens (including phenoxy) is 3. The lowest BCUT2D eigenvalue weighted by atomic mass is 10.1. The van der Waals surface area contributed by atoms with Crippen molar-refractivity contribution in [3.05, 3.63) is 61.3 Å². The predicted octanol–water partition coefficient (Wildman–Crippen LogP) is 5.36. The second-order valence-electron chi connectivity index (χ2n) is 5.96. The second kappa shape index (κ2) is 9.08. The molecular formula is C20H15ClF2INO4. The molecule has 2 aromatic rings. The minimum atomic E-state index is -1.12. The SMILES string of the molecule is CCCOc1c(I)cc(C=C2N=C(c3cc(F)c(F)cc3Cl)OC2=O)cc1OC. The molecule has 0 aliphatic carbocycles. The van der Waals surface area contributed by atoms with Crippen molar-refractivity contribution < 1.29 is 27.8 Å². The fourth-order valence-corrected chi connectivity index (χ4v) is 3.55. The van der Waals surface area contributed by atoms with Crippen LogP contribution in [0.5, 0.6) is 11.5 Å². The van der Waals surface area contributed by atoms with Gasteiger partial charge < -0.3 is 14.2 Å². The summed E-state index contributed by atoms with van der Waals surface area (Å²) in [4.78, 5) is 16.3. The predicted molar refractivity (Wildman–Crippen MR) is 113 cm³/mol. The largest absolute Gasteiger partial charge is 0.493 e. The van der Waals surface area contributed by atoms with E-state index in [4.69, 9.17) is 25.8 Å². The van der Waals surface area contributed by atoms with Crippen LogP contribution in [0.1, 0.15) is 24.5 Å². The number of carbonyl (C=O) groups excluding carboxylic acids is 1. The maximum atomic E-state index is 13.5. The van der Waals surface area contributed by atoms with Crippen molar-refractivity contribution in [2.45, 2.75) is 13.3 Å². The van der Waals surface area contributed by atoms with E-state index in [-0.39, 0.29) is 22.2 Å². The highest BCUT2D eigenvalue weighted by molar-refractivity contribution is 14.1. The van der Waals surface area contributed by atoms with Crippen molar-refractivity contribution in [2.24, 2.45) is 4.99 Å². The molecule has 5 nitrogen and oxygen atoms in total. The van der Waals surface area contributed by atoms with Crippen molar-refractivity contribution in [1.29, 1.82) is 0 Å². The molecule has 0 N–H and O–H groups in total. The van der Waals surface area contributed by atoms with Gasteiger partial charge in [-0.2, -0.15) is 0 Å². The van der Waals surface area contributed by atoms with E-state index in [1.165, 1.54) is 13.2 Å². The van der Waals surface area contributed by atoms with Crippen LogP contribution in [0.2, 0.25) is 5.02 Å². The number of benzene rings is 2. The van der Waals surface area contributed by atoms with E-state index < -0.39 is 17.6 Å². The van der Waals surface area contributed by atoms with Gasteiger partial charge in [-0.3, -0.25) is 0 Å². The summed E-state index contributed by atoms with van der Waals surface area (Å²) in [5.74, 6) is -2.04. The number of carbonyl (C=O) groups is 1. The quantitative estimate of drug-likeness (QED) is 0.217. The Balaban J connectivity index is 1.97. The monoisotopic (exact) mass is 533 g/mol. The molecule has 1 aliphatic rings. The topological polar surface area (TPSA) is 57.1 Å². The summed E-state index contributed by atoms with van der Waals surface area (Å²) in [5.41, 5.74) is 0.599. The minimum Gasteiger partial charge on any atom is -0.493 e. The van der Waals surface area contributed by atoms with Crippen LogP contribution in [-0.2, 0) is 9.53 Å². The number of hydrogen-bond acceptors (Lipinski definition) is 5. The number of methoxy groups -OCH3 is 1. The molecule has 0 saturated carbocycles. The standard InChI is InChI=1S/C20H15ClF2INO4/c1-3-4-28-18-15(24)5-10(7-17(18)27-2)6-16-20(26)29-19(25-16)11-8-13(22)14(23)9-12(11)21/h5-9H,3-4H2,1-2H3. The summed E-state index contributed by atoms with van der Waals surface area (Å²) >= 11 is 8.04. The van der Waals surface area contributed by atoms with Crippen LogP contribution < -0.4 is 9.47 Å². The summed E-state index contributed by atoms with van der Waals surface area (Å²) in [6, 6.07) is 5.13. The van der Waals surface area contributed by atoms with Gasteiger partial charge in [0, 0.05) is 0 Å². The van der Waals surface area contributed by atoms with Crippen LogP contribution >= 0.6 is 34.2 Å². The van der Waals surface area contributed by atoms with Crippen LogP contribution in [0.4, 0.5) is 8.78 Å². The fourth-order valence-electron chi connectivity index (χ4n) is 2.54. The molecule has 0 unspecified atom stereocenters. The van der Waals surface area contributed by atoms with Gasteiger partial charge in [0.25, 0.3) is 0 Å². The molecule has 0 fully saturated rings. The number of nitrogens with zero attached hydrogens (tertiary/aromatic N) is 1. The van der Waals surface area contributed by atoms with E-state index >= 15 is 0 Å². The Bertz CT molecular complexity index is 1040. The molecule has 0 bridgehead atoms. The van der Waals surface area contributed by atoms with Gasteiger partial charge in [0.2, 0.25) is 5.90 Å². The number of cyclic esters (lactones) is 1. The fraction of sp³-hybridized carbons (Fsp3) is 0.200. The van der Waals surface area contributed by atoms with E-state index in [9.17, 15) is 13.6 Å². The first-order valence-electron chi connectivity index (χ1n) is 8.51. The van der Waals surface area contributed by atoms with Crippen LogP contribution in [0.25, 0.3) is 6.08 Å². The summed E-state index contributed by atoms with van der Waals surface area (Å²) in [5, 5.41) is -0.120. The molecular weight excluding hydrogens is 519 g/mol. The third-order valence-electron chi connectivity index (χ3n) is 3.87. The average Bonchev–Trinajstić information content (AvgIpc) is 3.03. The number of hydrogen-bond donors (Lipinski definition) is 0. The molecule has 0 atom stereocenters. The summed E-state index contributed by atoms with van der Waals surface area (Å²) in [6.45, 7) is 2.54. The van der Waals surface area contributed by atoms with E-state index in [0.717, 1.165) is 22.1 Å². The van der Waals surface area contributed by atoms with Gasteiger partial charge in [-0.05, 0) is 64.9 Å². The second-order valence-corrected chi connectivity index (χ2v) is 7.53. The number of aliphatic imine (C=N–C) groups is 1. The number of halogens is 4. The molecule has 2 aromatic carbocycles. The molecule has 9 heteroatoms. The van der Waals surface area contributed by atoms with Crippen molar-refractivity contribution in [3.63, 3.8) is 0 Å². The lowest BCUT2D eigenvalue weighted by Crippen LogP contribution is -2.07. The first kappa shape index (κ1) is 21.5. The summed E-state index contributed by atoms with van der Waals surface area (Å²) < 4.78 is 43.8. The lowest BCUT2D eigenvalue weighted by Gasteiger charge is -2.13. The van der Waals surface area contributed by atoms with Gasteiger partial charge in [0.15, 0.2) is 28.8 Å². The average molecular weight is 534 g/mol. The van der Waals surface area contributed by atoms with Crippen molar-refractivity contribution in [3.8, 4) is 11.5 Å². The normalized spacial score (nSPS) is 14.8. The van der Waals surface area contributed by atoms with Crippen molar-refractivity contribution in [2.75, 3.05) is 13.7 Å². The Hall–Kier alpha value is -2.20. The lowest BCUT2D eigenvalue weighted by molar-refractivity contribution is -0.129. The minimum absolute atomic E-state index is 0.0131. The number of esters is 1. The molecule has 3 rings (SSSR count). The maximum absolute atomic E-state index is 13.5. The molecule has 0 radical (unpaired) electrons. The van der Waals surface area contributed by atoms with E-state index in [1.54, 1.807) is 12.1 Å². The molecule has 29 heavy (non-hydrogen) atoms. The highest BCUT2D eigenvalue weighted by atomic mass is 127. The molecule has 0 saturated heterocycles. The highest BCUT2D eigenvalue weighted by Crippen LogP contribution is 2.35. The molecule has 0 aromatic heterocycles. The zero-order chi connectivity index (χ0) is 21.1. The number of rotatable bonds is 6. The van der Waals surface area contributed by atoms with Crippen molar-refractivity contribution >= 4 is 52.1 Å². The first-order valence-corrected chi connectivity index (χ1v) is 9.97. The third kappa shape index (κ3) is 4.69. The van der Waals surface area contributed by atoms with Gasteiger partial charge in [-0.25, -0.2) is 18.6 Å². The van der Waals surface area contributed by atoms with Crippen LogP contribution in [0.15, 0.2) is 35.0 Å². The van der Waals surface area contributed by atoms with E-state index in [2.05, 4.69) is 27.6 Å². The Morgan fingerprint density at radius 2 is 1.97 bits per heavy atom. The highest BCUT2D eigenvalue weighted by Gasteiger charge is 2.27. The molecule has 152 valence electrons. The Kier molecular flexibility index (Phi) is 6.74. The maximum Gasteiger partial charge on any atom is 0.363 e. The molecule has 0 amide bonds. The third-order valence-corrected chi connectivity index (χ3v) is 4.98. The Morgan fingerprint density at radius 3 is 2.66 bits per heavy atom. The Morgan fingerprint density at radius 1 is 1.24 bits per heavy atom. The van der Waals surface area contributed by atoms with Crippen LogP contribution in [0, 0.1) is 15.2 Å². The van der Waals surface area contributed by atoms with Crippen molar-refractivity contribution in [1.82, 2.24) is 0 Å². The zero-order valence-electron chi connectivity index (χ0n) is 15.4. The molecule has 1 heterocycles. The molecule has 1 aliphatic heterocycles. The smallest absolute Gasteiger partial charge is 0.363 e. The Labute approximate surface area is 184 Å². The van der Waals surface area contributed by atoms with Gasteiger partial charge >= 0.3 is 5.97 Å². The van der Waals surface area contributed by atoms with E-state index in [1.807, 2.05) is 6.92 Å². The summed E-state index contributed by atoms with van der Waals surface area (Å²) in [7, 11) is 1.52. The zero-order valence-corrected chi connectivity index (χ0v) is 18.3. The first-order chi connectivity index (χ1) is 13.8. The van der Waals surface area contributed by atoms with Gasteiger partial charge in [0.1, 0.15) is 0 Å². The van der Waals surface area contributed by atoms with Gasteiger partial charge in [0.05, 0.1) is 27.9 Å². The van der Waals surface area contributed by atoms with Gasteiger partial charge in [-0.15, -0.1) is 0 Å². The van der Waals surface area contributed by atoms with Crippen LogP contribution in [0.3, 0.4) is 0 Å². The van der Waals surface area contributed by atoms with Crippen LogP contribution in [-0.4, -0.2) is 25.6 Å². The van der Waals surface area contributed by atoms with Gasteiger partial charge in [-0.1, -0.05) is 18.5 Å². The van der Waals surface area contributed by atoms with E-state index in [0.29, 0.717) is 23.7 Å².